The third-order valence-corrected chi connectivity index (χ3v) is 1.45. The van der Waals surface area contributed by atoms with Crippen molar-refractivity contribution >= 4 is 0 Å². The Bertz CT molecular complexity index is 68.7. The van der Waals surface area contributed by atoms with Crippen molar-refractivity contribution in [2.45, 2.75) is 12.8 Å². The number of nitrogens with two attached hydrogens (primary N) is 1. The Balaban J connectivity index is 2.08. The van der Waals surface area contributed by atoms with Gasteiger partial charge in [0.05, 0.1) is 6.61 Å². The van der Waals surface area contributed by atoms with Crippen LogP contribution in [0.5, 0.6) is 0 Å². The molecule has 54 valence electrons. The molecule has 1 aliphatic heterocycles. The number of hydrogen-bond donors (Lipinski definition) is 1. The Labute approximate surface area is 55.7 Å². The topological polar surface area (TPSA) is 38.5 Å². The molecule has 1 aliphatic rings. The summed E-state index contributed by atoms with van der Waals surface area (Å²) in [5.41, 5.74) is 5.34. The van der Waals surface area contributed by atoms with Crippen LogP contribution in [0.1, 0.15) is 12.8 Å². The summed E-state index contributed by atoms with van der Waals surface area (Å²) in [6.45, 7) is 3.50. The molecule has 0 aliphatic carbocycles. The fraction of sp³-hybridized carbons (Fsp3) is 1.00. The molecule has 2 N–H and O–H groups in total. The molecule has 0 unspecified atom stereocenters. The maximum absolute atomic E-state index is 5.34. The van der Waals surface area contributed by atoms with Gasteiger partial charge in [-0.1, -0.05) is 0 Å². The van der Waals surface area contributed by atoms with Gasteiger partial charge in [-0.3, -0.25) is 4.84 Å². The van der Waals surface area contributed by atoms with E-state index in [1.54, 1.807) is 0 Å². The molecule has 0 aromatic rings. The third kappa shape index (κ3) is 2.30. The molecule has 0 saturated carbocycles. The van der Waals surface area contributed by atoms with E-state index in [4.69, 9.17) is 10.6 Å². The zero-order chi connectivity index (χ0) is 6.53. The van der Waals surface area contributed by atoms with E-state index in [1.807, 2.05) is 5.06 Å². The Kier molecular flexibility index (Phi) is 2.97. The Hall–Kier alpha value is -0.120. The summed E-state index contributed by atoms with van der Waals surface area (Å²) in [4.78, 5) is 5.27. The maximum Gasteiger partial charge on any atom is 0.0685 e. The summed E-state index contributed by atoms with van der Waals surface area (Å²) in [6, 6.07) is 0. The summed E-state index contributed by atoms with van der Waals surface area (Å²) >= 11 is 0. The van der Waals surface area contributed by atoms with E-state index in [2.05, 4.69) is 0 Å². The molecule has 3 nitrogen and oxygen atoms in total. The summed E-state index contributed by atoms with van der Waals surface area (Å²) in [7, 11) is 0. The minimum Gasteiger partial charge on any atom is -0.329 e. The number of hydroxylamine groups is 2. The largest absolute Gasteiger partial charge is 0.329 e. The highest BCUT2D eigenvalue weighted by Gasteiger charge is 2.07. The molecule has 0 aromatic heterocycles. The Morgan fingerprint density at radius 3 is 2.89 bits per heavy atom. The first-order valence-corrected chi connectivity index (χ1v) is 3.51. The first-order valence-electron chi connectivity index (χ1n) is 3.51. The van der Waals surface area contributed by atoms with Crippen molar-refractivity contribution in [2.24, 2.45) is 5.73 Å². The second kappa shape index (κ2) is 3.82. The second-order valence-electron chi connectivity index (χ2n) is 2.26. The van der Waals surface area contributed by atoms with Gasteiger partial charge < -0.3 is 5.73 Å². The monoisotopic (exact) mass is 130 g/mol. The van der Waals surface area contributed by atoms with Gasteiger partial charge in [0.25, 0.3) is 0 Å². The molecule has 3 heteroatoms. The highest BCUT2D eigenvalue weighted by Crippen LogP contribution is 2.03. The minimum atomic E-state index is 0.694. The highest BCUT2D eigenvalue weighted by molar-refractivity contribution is 4.52. The van der Waals surface area contributed by atoms with Crippen LogP contribution in [0.25, 0.3) is 0 Å². The lowest BCUT2D eigenvalue weighted by Crippen LogP contribution is -2.34. The highest BCUT2D eigenvalue weighted by atomic mass is 16.7. The standard InChI is InChI=1S/C6H14N2O/c7-3-5-8-4-1-2-6-9-8/h1-7H2. The lowest BCUT2D eigenvalue weighted by atomic mass is 10.3. The first-order chi connectivity index (χ1) is 4.43. The van der Waals surface area contributed by atoms with Gasteiger partial charge in [0.2, 0.25) is 0 Å². The van der Waals surface area contributed by atoms with Crippen molar-refractivity contribution in [1.82, 2.24) is 5.06 Å². The molecular weight excluding hydrogens is 116 g/mol. The van der Waals surface area contributed by atoms with Crippen LogP contribution in [0.3, 0.4) is 0 Å². The van der Waals surface area contributed by atoms with E-state index < -0.39 is 0 Å². The van der Waals surface area contributed by atoms with Crippen LogP contribution in [0.4, 0.5) is 0 Å². The Morgan fingerprint density at radius 2 is 2.33 bits per heavy atom. The normalized spacial score (nSPS) is 22.3. The van der Waals surface area contributed by atoms with Gasteiger partial charge in [0.15, 0.2) is 0 Å². The second-order valence-corrected chi connectivity index (χ2v) is 2.26. The molecule has 0 amide bonds. The quantitative estimate of drug-likeness (QED) is 0.570. The zero-order valence-corrected chi connectivity index (χ0v) is 5.68. The molecule has 0 radical (unpaired) electrons. The lowest BCUT2D eigenvalue weighted by Gasteiger charge is -2.24. The van der Waals surface area contributed by atoms with Crippen molar-refractivity contribution in [3.8, 4) is 0 Å². The third-order valence-electron chi connectivity index (χ3n) is 1.45. The summed E-state index contributed by atoms with van der Waals surface area (Å²) in [6.07, 6.45) is 2.45. The van der Waals surface area contributed by atoms with Crippen molar-refractivity contribution in [3.05, 3.63) is 0 Å². The zero-order valence-electron chi connectivity index (χ0n) is 5.68. The van der Waals surface area contributed by atoms with Gasteiger partial charge in [-0.25, -0.2) is 0 Å². The van der Waals surface area contributed by atoms with Crippen LogP contribution in [0.15, 0.2) is 0 Å². The average Bonchev–Trinajstić information content (AvgIpc) is 1.91. The fourth-order valence-corrected chi connectivity index (χ4v) is 0.969. The molecule has 0 spiro atoms. The van der Waals surface area contributed by atoms with Gasteiger partial charge in [0.1, 0.15) is 0 Å². The van der Waals surface area contributed by atoms with Crippen LogP contribution >= 0.6 is 0 Å². The molecule has 1 rings (SSSR count). The summed E-state index contributed by atoms with van der Waals surface area (Å²) in [5, 5.41) is 1.95. The molecule has 1 fully saturated rings. The van der Waals surface area contributed by atoms with Gasteiger partial charge in [-0.15, -0.1) is 0 Å². The SMILES string of the molecule is NCCN1CCCCO1. The molecule has 1 saturated heterocycles. The van der Waals surface area contributed by atoms with E-state index in [0.29, 0.717) is 6.54 Å². The van der Waals surface area contributed by atoms with Crippen LogP contribution < -0.4 is 5.73 Å². The van der Waals surface area contributed by atoms with E-state index in [-0.39, 0.29) is 0 Å². The molecular formula is C6H14N2O. The predicted octanol–water partition coefficient (Wildman–Crippen LogP) is -0.0275. The van der Waals surface area contributed by atoms with Crippen molar-refractivity contribution in [2.75, 3.05) is 26.2 Å². The van der Waals surface area contributed by atoms with Crippen LogP contribution in [-0.2, 0) is 4.84 Å². The van der Waals surface area contributed by atoms with Gasteiger partial charge in [-0.2, -0.15) is 5.06 Å². The predicted molar refractivity (Wildman–Crippen MR) is 35.8 cm³/mol. The molecule has 0 aromatic carbocycles. The van der Waals surface area contributed by atoms with E-state index in [0.717, 1.165) is 19.7 Å². The fourth-order valence-electron chi connectivity index (χ4n) is 0.969. The smallest absolute Gasteiger partial charge is 0.0685 e. The first kappa shape index (κ1) is 6.99. The summed E-state index contributed by atoms with van der Waals surface area (Å²) < 4.78 is 0. The molecule has 0 atom stereocenters. The van der Waals surface area contributed by atoms with Crippen molar-refractivity contribution in [1.29, 1.82) is 0 Å². The van der Waals surface area contributed by atoms with E-state index in [1.165, 1.54) is 12.8 Å². The van der Waals surface area contributed by atoms with Crippen LogP contribution in [0, 0.1) is 0 Å². The Morgan fingerprint density at radius 1 is 1.44 bits per heavy atom. The van der Waals surface area contributed by atoms with Gasteiger partial charge in [-0.05, 0) is 12.8 Å². The van der Waals surface area contributed by atoms with E-state index in [9.17, 15) is 0 Å². The van der Waals surface area contributed by atoms with Gasteiger partial charge >= 0.3 is 0 Å². The van der Waals surface area contributed by atoms with E-state index >= 15 is 0 Å². The number of hydrogen-bond acceptors (Lipinski definition) is 3. The molecule has 1 heterocycles. The number of nitrogens with zero attached hydrogens (tertiary/aromatic N) is 1. The van der Waals surface area contributed by atoms with Crippen molar-refractivity contribution in [3.63, 3.8) is 0 Å². The van der Waals surface area contributed by atoms with Crippen LogP contribution in [0.2, 0.25) is 0 Å². The van der Waals surface area contributed by atoms with Crippen molar-refractivity contribution < 1.29 is 4.84 Å². The average molecular weight is 130 g/mol. The molecule has 9 heavy (non-hydrogen) atoms. The molecule has 0 bridgehead atoms. The summed E-state index contributed by atoms with van der Waals surface area (Å²) in [5.74, 6) is 0. The lowest BCUT2D eigenvalue weighted by molar-refractivity contribution is -0.178. The minimum absolute atomic E-state index is 0.694. The van der Waals surface area contributed by atoms with Gasteiger partial charge in [0, 0.05) is 19.6 Å². The van der Waals surface area contributed by atoms with Crippen LogP contribution in [-0.4, -0.2) is 31.3 Å². The maximum atomic E-state index is 5.34. The number of rotatable bonds is 2.